The maximum Gasteiger partial charge on any atom is 0.407 e. The fourth-order valence-corrected chi connectivity index (χ4v) is 2.83. The molecular weight excluding hydrogens is 310 g/mol. The molecule has 1 atom stereocenters. The van der Waals surface area contributed by atoms with E-state index in [1.54, 1.807) is 0 Å². The van der Waals surface area contributed by atoms with E-state index in [0.717, 1.165) is 24.0 Å². The van der Waals surface area contributed by atoms with Crippen LogP contribution in [0.2, 0.25) is 0 Å². The predicted octanol–water partition coefficient (Wildman–Crippen LogP) is 2.22. The van der Waals surface area contributed by atoms with Gasteiger partial charge in [-0.2, -0.15) is 0 Å². The fourth-order valence-electron chi connectivity index (χ4n) is 2.83. The highest BCUT2D eigenvalue weighted by Crippen LogP contribution is 2.31. The number of nitrogens with one attached hydrogen (secondary N) is 1. The first-order valence-electron chi connectivity index (χ1n) is 8.00. The molecule has 3 rings (SSSR count). The van der Waals surface area contributed by atoms with Gasteiger partial charge in [0.1, 0.15) is 5.60 Å². The van der Waals surface area contributed by atoms with E-state index in [2.05, 4.69) is 20.4 Å². The van der Waals surface area contributed by atoms with Crippen LogP contribution in [0, 0.1) is 6.92 Å². The van der Waals surface area contributed by atoms with Crippen LogP contribution in [-0.4, -0.2) is 41.0 Å². The third-order valence-electron chi connectivity index (χ3n) is 3.80. The molecule has 0 saturated carbocycles. The van der Waals surface area contributed by atoms with Crippen LogP contribution >= 0.6 is 0 Å². The van der Waals surface area contributed by atoms with Gasteiger partial charge in [0.2, 0.25) is 5.58 Å². The SMILES string of the molecule is Cc1cc2c(N)noc2c(N2CC[C@@H](NC(=O)OC(C)(C)C)C2)n1. The highest BCUT2D eigenvalue weighted by atomic mass is 16.6. The van der Waals surface area contributed by atoms with Gasteiger partial charge in [0.05, 0.1) is 11.4 Å². The number of hydrogen-bond donors (Lipinski definition) is 2. The molecular formula is C16H23N5O3. The number of fused-ring (bicyclic) bond motifs is 1. The Labute approximate surface area is 140 Å². The van der Waals surface area contributed by atoms with E-state index in [1.165, 1.54) is 0 Å². The Kier molecular flexibility index (Phi) is 3.98. The molecule has 130 valence electrons. The van der Waals surface area contributed by atoms with E-state index < -0.39 is 11.7 Å². The molecule has 1 aliphatic heterocycles. The molecule has 1 amide bonds. The van der Waals surface area contributed by atoms with E-state index >= 15 is 0 Å². The molecule has 0 spiro atoms. The molecule has 8 heteroatoms. The van der Waals surface area contributed by atoms with Gasteiger partial charge >= 0.3 is 6.09 Å². The molecule has 1 aliphatic rings. The lowest BCUT2D eigenvalue weighted by molar-refractivity contribution is 0.0509. The number of carbonyl (C=O) groups is 1. The number of nitrogens with zero attached hydrogens (tertiary/aromatic N) is 3. The normalized spacial score (nSPS) is 18.2. The second-order valence-corrected chi connectivity index (χ2v) is 7.11. The molecule has 0 bridgehead atoms. The molecule has 0 aromatic carbocycles. The van der Waals surface area contributed by atoms with E-state index in [0.29, 0.717) is 23.8 Å². The number of ether oxygens (including phenoxy) is 1. The summed E-state index contributed by atoms with van der Waals surface area (Å²) in [5.41, 5.74) is 6.75. The molecule has 2 aromatic heterocycles. The smallest absolute Gasteiger partial charge is 0.407 e. The molecule has 0 aliphatic carbocycles. The highest BCUT2D eigenvalue weighted by Gasteiger charge is 2.29. The van der Waals surface area contributed by atoms with Crippen LogP contribution in [0.25, 0.3) is 11.0 Å². The van der Waals surface area contributed by atoms with E-state index in [4.69, 9.17) is 15.0 Å². The lowest BCUT2D eigenvalue weighted by Gasteiger charge is -2.22. The molecule has 1 saturated heterocycles. The van der Waals surface area contributed by atoms with Gasteiger partial charge in [-0.3, -0.25) is 0 Å². The molecule has 3 heterocycles. The maximum absolute atomic E-state index is 11.9. The maximum atomic E-state index is 11.9. The van der Waals surface area contributed by atoms with Gasteiger partial charge < -0.3 is 25.2 Å². The van der Waals surface area contributed by atoms with Crippen molar-refractivity contribution < 1.29 is 14.1 Å². The summed E-state index contributed by atoms with van der Waals surface area (Å²) in [7, 11) is 0. The van der Waals surface area contributed by atoms with Crippen molar-refractivity contribution in [2.45, 2.75) is 45.8 Å². The van der Waals surface area contributed by atoms with Crippen LogP contribution in [-0.2, 0) is 4.74 Å². The lowest BCUT2D eigenvalue weighted by atomic mass is 10.2. The Morgan fingerprint density at radius 3 is 2.96 bits per heavy atom. The van der Waals surface area contributed by atoms with Crippen molar-refractivity contribution in [1.82, 2.24) is 15.5 Å². The molecule has 24 heavy (non-hydrogen) atoms. The average Bonchev–Trinajstić information content (AvgIpc) is 3.04. The number of nitrogen functional groups attached to an aromatic ring is 1. The van der Waals surface area contributed by atoms with Crippen molar-refractivity contribution in [2.24, 2.45) is 0 Å². The van der Waals surface area contributed by atoms with Crippen molar-refractivity contribution in [3.8, 4) is 0 Å². The zero-order valence-corrected chi connectivity index (χ0v) is 14.4. The molecule has 0 unspecified atom stereocenters. The van der Waals surface area contributed by atoms with Crippen molar-refractivity contribution in [3.05, 3.63) is 11.8 Å². The summed E-state index contributed by atoms with van der Waals surface area (Å²) >= 11 is 0. The van der Waals surface area contributed by atoms with Crippen LogP contribution in [0.3, 0.4) is 0 Å². The quantitative estimate of drug-likeness (QED) is 0.867. The number of alkyl carbamates (subject to hydrolysis) is 1. The Bertz CT molecular complexity index is 765. The number of nitrogens with two attached hydrogens (primary N) is 1. The summed E-state index contributed by atoms with van der Waals surface area (Å²) in [5.74, 6) is 1.07. The number of pyridine rings is 1. The van der Waals surface area contributed by atoms with E-state index in [9.17, 15) is 4.79 Å². The van der Waals surface area contributed by atoms with Crippen LogP contribution in [0.1, 0.15) is 32.9 Å². The fraction of sp³-hybridized carbons (Fsp3) is 0.562. The number of amides is 1. The van der Waals surface area contributed by atoms with Gasteiger partial charge in [0, 0.05) is 18.8 Å². The summed E-state index contributed by atoms with van der Waals surface area (Å²) in [5, 5.41) is 7.49. The van der Waals surface area contributed by atoms with Crippen molar-refractivity contribution in [3.63, 3.8) is 0 Å². The number of rotatable bonds is 2. The van der Waals surface area contributed by atoms with Gasteiger partial charge in [-0.15, -0.1) is 0 Å². The lowest BCUT2D eigenvalue weighted by Crippen LogP contribution is -2.40. The predicted molar refractivity (Wildman–Crippen MR) is 90.9 cm³/mol. The van der Waals surface area contributed by atoms with Crippen LogP contribution < -0.4 is 16.0 Å². The third-order valence-corrected chi connectivity index (χ3v) is 3.80. The van der Waals surface area contributed by atoms with E-state index in [1.807, 2.05) is 33.8 Å². The first-order valence-corrected chi connectivity index (χ1v) is 8.00. The summed E-state index contributed by atoms with van der Waals surface area (Å²) in [6.07, 6.45) is 0.403. The Morgan fingerprint density at radius 2 is 2.25 bits per heavy atom. The summed E-state index contributed by atoms with van der Waals surface area (Å²) in [6, 6.07) is 1.86. The molecule has 3 N–H and O–H groups in total. The van der Waals surface area contributed by atoms with Gasteiger partial charge in [0.25, 0.3) is 0 Å². The monoisotopic (exact) mass is 333 g/mol. The standard InChI is InChI=1S/C16H23N5O3/c1-9-7-11-12(24-20-13(11)17)14(18-9)21-6-5-10(8-21)19-15(22)23-16(2,3)4/h7,10H,5-6,8H2,1-4H3,(H2,17,20)(H,19,22)/t10-/m1/s1. The largest absolute Gasteiger partial charge is 0.444 e. The molecule has 1 fully saturated rings. The van der Waals surface area contributed by atoms with Gasteiger partial charge in [-0.25, -0.2) is 9.78 Å². The molecule has 8 nitrogen and oxygen atoms in total. The van der Waals surface area contributed by atoms with Gasteiger partial charge in [-0.05, 0) is 40.2 Å². The zero-order valence-electron chi connectivity index (χ0n) is 14.4. The minimum Gasteiger partial charge on any atom is -0.444 e. The van der Waals surface area contributed by atoms with Crippen LogP contribution in [0.4, 0.5) is 16.4 Å². The molecule has 2 aromatic rings. The topological polar surface area (TPSA) is 107 Å². The summed E-state index contributed by atoms with van der Waals surface area (Å²) in [6.45, 7) is 8.82. The number of carbonyl (C=O) groups excluding carboxylic acids is 1. The Morgan fingerprint density at radius 1 is 1.50 bits per heavy atom. The van der Waals surface area contributed by atoms with Crippen LogP contribution in [0.5, 0.6) is 0 Å². The molecule has 0 radical (unpaired) electrons. The minimum absolute atomic E-state index is 0.00233. The summed E-state index contributed by atoms with van der Waals surface area (Å²) < 4.78 is 10.6. The average molecular weight is 333 g/mol. The number of aromatic nitrogens is 2. The zero-order chi connectivity index (χ0) is 17.5. The number of anilines is 2. The second-order valence-electron chi connectivity index (χ2n) is 7.11. The van der Waals surface area contributed by atoms with Crippen LogP contribution in [0.15, 0.2) is 10.6 Å². The van der Waals surface area contributed by atoms with Gasteiger partial charge in [-0.1, -0.05) is 5.16 Å². The highest BCUT2D eigenvalue weighted by molar-refractivity contribution is 5.94. The Balaban J connectivity index is 1.73. The van der Waals surface area contributed by atoms with E-state index in [-0.39, 0.29) is 6.04 Å². The number of aryl methyl sites for hydroxylation is 1. The number of hydrogen-bond acceptors (Lipinski definition) is 7. The third kappa shape index (κ3) is 3.37. The summed E-state index contributed by atoms with van der Waals surface area (Å²) in [4.78, 5) is 18.5. The second kappa shape index (κ2) is 5.85. The first-order chi connectivity index (χ1) is 11.2. The van der Waals surface area contributed by atoms with Crippen molar-refractivity contribution in [2.75, 3.05) is 23.7 Å². The minimum atomic E-state index is -0.510. The van der Waals surface area contributed by atoms with Crippen molar-refractivity contribution >= 4 is 28.7 Å². The van der Waals surface area contributed by atoms with Crippen molar-refractivity contribution in [1.29, 1.82) is 0 Å². The first kappa shape index (κ1) is 16.4. The van der Waals surface area contributed by atoms with Gasteiger partial charge in [0.15, 0.2) is 11.6 Å². The Hall–Kier alpha value is -2.51.